The SMILES string of the molecule is CC(=O)c1ccc(N2CCC(O)CC2)c(F)c1. The van der Waals surface area contributed by atoms with Gasteiger partial charge in [0, 0.05) is 18.7 Å². The van der Waals surface area contributed by atoms with E-state index in [0.717, 1.165) is 0 Å². The van der Waals surface area contributed by atoms with Gasteiger partial charge in [0.2, 0.25) is 0 Å². The fraction of sp³-hybridized carbons (Fsp3) is 0.462. The molecule has 1 aromatic rings. The van der Waals surface area contributed by atoms with Gasteiger partial charge >= 0.3 is 0 Å². The summed E-state index contributed by atoms with van der Waals surface area (Å²) in [6.07, 6.45) is 1.05. The monoisotopic (exact) mass is 237 g/mol. The third-order valence-electron chi connectivity index (χ3n) is 3.16. The summed E-state index contributed by atoms with van der Waals surface area (Å²) in [6, 6.07) is 4.57. The first-order chi connectivity index (χ1) is 8.08. The van der Waals surface area contributed by atoms with E-state index in [-0.39, 0.29) is 17.7 Å². The van der Waals surface area contributed by atoms with Crippen LogP contribution >= 0.6 is 0 Å². The second kappa shape index (κ2) is 4.84. The molecule has 1 heterocycles. The number of hydrogen-bond acceptors (Lipinski definition) is 3. The van der Waals surface area contributed by atoms with Gasteiger partial charge in [0.1, 0.15) is 5.82 Å². The van der Waals surface area contributed by atoms with Gasteiger partial charge in [0.15, 0.2) is 5.78 Å². The third-order valence-corrected chi connectivity index (χ3v) is 3.16. The van der Waals surface area contributed by atoms with Gasteiger partial charge in [0.25, 0.3) is 0 Å². The Bertz CT molecular complexity index is 425. The molecule has 0 radical (unpaired) electrons. The highest BCUT2D eigenvalue weighted by molar-refractivity contribution is 5.94. The molecule has 0 atom stereocenters. The average Bonchev–Trinajstić information content (AvgIpc) is 2.30. The van der Waals surface area contributed by atoms with Crippen LogP contribution in [0.1, 0.15) is 30.1 Å². The fourth-order valence-electron chi connectivity index (χ4n) is 2.09. The maximum absolute atomic E-state index is 13.8. The lowest BCUT2D eigenvalue weighted by atomic mass is 10.1. The van der Waals surface area contributed by atoms with Crippen LogP contribution in [0.25, 0.3) is 0 Å². The van der Waals surface area contributed by atoms with E-state index < -0.39 is 0 Å². The fourth-order valence-corrected chi connectivity index (χ4v) is 2.09. The van der Waals surface area contributed by atoms with Gasteiger partial charge in [-0.1, -0.05) is 0 Å². The molecule has 1 saturated heterocycles. The number of carbonyl (C=O) groups is 1. The zero-order valence-corrected chi connectivity index (χ0v) is 9.82. The summed E-state index contributed by atoms with van der Waals surface area (Å²) in [6.45, 7) is 2.72. The molecule has 4 heteroatoms. The standard InChI is InChI=1S/C13H16FNO2/c1-9(16)10-2-3-13(12(14)8-10)15-6-4-11(17)5-7-15/h2-3,8,11,17H,4-7H2,1H3. The molecule has 0 aliphatic carbocycles. The number of ketones is 1. The van der Waals surface area contributed by atoms with Crippen LogP contribution in [0.3, 0.4) is 0 Å². The van der Waals surface area contributed by atoms with Gasteiger partial charge in [-0.25, -0.2) is 4.39 Å². The summed E-state index contributed by atoms with van der Waals surface area (Å²) < 4.78 is 13.8. The second-order valence-corrected chi connectivity index (χ2v) is 4.44. The number of nitrogens with zero attached hydrogens (tertiary/aromatic N) is 1. The van der Waals surface area contributed by atoms with Gasteiger partial charge in [-0.05, 0) is 38.0 Å². The number of Topliss-reactive ketones (excluding diaryl/α,β-unsaturated/α-hetero) is 1. The zero-order chi connectivity index (χ0) is 12.4. The minimum Gasteiger partial charge on any atom is -0.393 e. The van der Waals surface area contributed by atoms with Crippen LogP contribution in [0.2, 0.25) is 0 Å². The molecule has 1 aliphatic rings. The Morgan fingerprint density at radius 1 is 1.41 bits per heavy atom. The van der Waals surface area contributed by atoms with Crippen LogP contribution in [0, 0.1) is 5.82 Å². The van der Waals surface area contributed by atoms with Crippen molar-refractivity contribution in [1.29, 1.82) is 0 Å². The number of rotatable bonds is 2. The van der Waals surface area contributed by atoms with Crippen LogP contribution < -0.4 is 4.90 Å². The van der Waals surface area contributed by atoms with E-state index in [1.165, 1.54) is 13.0 Å². The minimum absolute atomic E-state index is 0.135. The molecule has 1 aliphatic heterocycles. The predicted octanol–water partition coefficient (Wildman–Crippen LogP) is 1.99. The highest BCUT2D eigenvalue weighted by Gasteiger charge is 2.19. The third kappa shape index (κ3) is 2.64. The van der Waals surface area contributed by atoms with Crippen molar-refractivity contribution in [2.75, 3.05) is 18.0 Å². The molecule has 2 rings (SSSR count). The van der Waals surface area contributed by atoms with Crippen LogP contribution in [-0.4, -0.2) is 30.1 Å². The van der Waals surface area contributed by atoms with Gasteiger partial charge in [0.05, 0.1) is 11.8 Å². The highest BCUT2D eigenvalue weighted by Crippen LogP contribution is 2.24. The Balaban J connectivity index is 2.19. The quantitative estimate of drug-likeness (QED) is 0.800. The molecule has 0 aromatic heterocycles. The van der Waals surface area contributed by atoms with Crippen molar-refractivity contribution in [3.05, 3.63) is 29.6 Å². The molecule has 0 saturated carbocycles. The second-order valence-electron chi connectivity index (χ2n) is 4.44. The first-order valence-corrected chi connectivity index (χ1v) is 5.81. The van der Waals surface area contributed by atoms with Crippen LogP contribution in [-0.2, 0) is 0 Å². The zero-order valence-electron chi connectivity index (χ0n) is 9.82. The number of hydrogen-bond donors (Lipinski definition) is 1. The Hall–Kier alpha value is -1.42. The lowest BCUT2D eigenvalue weighted by Crippen LogP contribution is -2.36. The Morgan fingerprint density at radius 3 is 2.59 bits per heavy atom. The summed E-state index contributed by atoms with van der Waals surface area (Å²) in [7, 11) is 0. The van der Waals surface area contributed by atoms with E-state index in [2.05, 4.69) is 0 Å². The minimum atomic E-state index is -0.367. The molecule has 0 unspecified atom stereocenters. The summed E-state index contributed by atoms with van der Waals surface area (Å²) in [5.41, 5.74) is 0.908. The van der Waals surface area contributed by atoms with E-state index in [9.17, 15) is 14.3 Å². The summed E-state index contributed by atoms with van der Waals surface area (Å²) >= 11 is 0. The van der Waals surface area contributed by atoms with Crippen molar-refractivity contribution in [2.45, 2.75) is 25.9 Å². The topological polar surface area (TPSA) is 40.5 Å². The van der Waals surface area contributed by atoms with Crippen molar-refractivity contribution in [1.82, 2.24) is 0 Å². The van der Waals surface area contributed by atoms with E-state index in [1.807, 2.05) is 4.90 Å². The van der Waals surface area contributed by atoms with Crippen molar-refractivity contribution < 1.29 is 14.3 Å². The summed E-state index contributed by atoms with van der Waals surface area (Å²) in [5.74, 6) is -0.501. The number of piperidine rings is 1. The number of anilines is 1. The normalized spacial score (nSPS) is 17.2. The van der Waals surface area contributed by atoms with Crippen molar-refractivity contribution in [3.8, 4) is 0 Å². The molecule has 0 spiro atoms. The average molecular weight is 237 g/mol. The van der Waals surface area contributed by atoms with Crippen molar-refractivity contribution in [3.63, 3.8) is 0 Å². The van der Waals surface area contributed by atoms with Crippen molar-refractivity contribution in [2.24, 2.45) is 0 Å². The molecule has 1 N–H and O–H groups in total. The molecule has 17 heavy (non-hydrogen) atoms. The van der Waals surface area contributed by atoms with Crippen LogP contribution in [0.4, 0.5) is 10.1 Å². The largest absolute Gasteiger partial charge is 0.393 e. The maximum atomic E-state index is 13.8. The summed E-state index contributed by atoms with van der Waals surface area (Å²) in [4.78, 5) is 13.0. The van der Waals surface area contributed by atoms with E-state index in [4.69, 9.17) is 0 Å². The molecule has 3 nitrogen and oxygen atoms in total. The lowest BCUT2D eigenvalue weighted by Gasteiger charge is -2.31. The Morgan fingerprint density at radius 2 is 2.06 bits per heavy atom. The number of halogens is 1. The smallest absolute Gasteiger partial charge is 0.159 e. The van der Waals surface area contributed by atoms with Gasteiger partial charge in [-0.15, -0.1) is 0 Å². The number of aliphatic hydroxyl groups is 1. The molecular formula is C13H16FNO2. The molecule has 1 aromatic carbocycles. The van der Waals surface area contributed by atoms with E-state index >= 15 is 0 Å². The number of aliphatic hydroxyl groups excluding tert-OH is 1. The van der Waals surface area contributed by atoms with E-state index in [0.29, 0.717) is 37.2 Å². The predicted molar refractivity (Wildman–Crippen MR) is 63.9 cm³/mol. The maximum Gasteiger partial charge on any atom is 0.159 e. The number of benzene rings is 1. The number of carbonyl (C=O) groups excluding carboxylic acids is 1. The van der Waals surface area contributed by atoms with Gasteiger partial charge in [-0.3, -0.25) is 4.79 Å². The molecule has 0 bridgehead atoms. The Kier molecular flexibility index (Phi) is 3.43. The Labute approximate surface area is 99.9 Å². The highest BCUT2D eigenvalue weighted by atomic mass is 19.1. The lowest BCUT2D eigenvalue weighted by molar-refractivity contribution is 0.101. The van der Waals surface area contributed by atoms with Gasteiger partial charge in [-0.2, -0.15) is 0 Å². The van der Waals surface area contributed by atoms with Crippen LogP contribution in [0.5, 0.6) is 0 Å². The van der Waals surface area contributed by atoms with Crippen LogP contribution in [0.15, 0.2) is 18.2 Å². The summed E-state index contributed by atoms with van der Waals surface area (Å²) in [5, 5.41) is 9.39. The first kappa shape index (κ1) is 12.0. The van der Waals surface area contributed by atoms with Crippen molar-refractivity contribution >= 4 is 11.5 Å². The molecule has 92 valence electrons. The molecular weight excluding hydrogens is 221 g/mol. The molecule has 1 fully saturated rings. The van der Waals surface area contributed by atoms with Gasteiger partial charge < -0.3 is 10.0 Å². The van der Waals surface area contributed by atoms with E-state index in [1.54, 1.807) is 12.1 Å². The molecule has 0 amide bonds. The first-order valence-electron chi connectivity index (χ1n) is 5.81.